The smallest absolute Gasteiger partial charge is 0.0629 e. The van der Waals surface area contributed by atoms with Gasteiger partial charge in [-0.25, -0.2) is 0 Å². The van der Waals surface area contributed by atoms with Crippen LogP contribution in [-0.4, -0.2) is 8.80 Å². The molecule has 1 unspecified atom stereocenters. The van der Waals surface area contributed by atoms with Gasteiger partial charge in [-0.1, -0.05) is 126 Å². The van der Waals surface area contributed by atoms with Gasteiger partial charge in [0.2, 0.25) is 0 Å². The first-order chi connectivity index (χ1) is 13.7. The number of aryl methyl sites for hydroxylation is 1. The van der Waals surface area contributed by atoms with Gasteiger partial charge in [0.05, 0.1) is 0 Å². The zero-order chi connectivity index (χ0) is 19.3. The Morgan fingerprint density at radius 3 is 1.57 bits per heavy atom. The predicted molar refractivity (Wildman–Crippen MR) is 124 cm³/mol. The van der Waals surface area contributed by atoms with Crippen LogP contribution in [-0.2, 0) is 0 Å². The van der Waals surface area contributed by atoms with E-state index in [0.717, 1.165) is 0 Å². The van der Waals surface area contributed by atoms with Crippen molar-refractivity contribution in [3.8, 4) is 11.1 Å². The molecule has 0 N–H and O–H groups in total. The lowest BCUT2D eigenvalue weighted by Gasteiger charge is -2.26. The summed E-state index contributed by atoms with van der Waals surface area (Å²) in [7, 11) is -1.39. The highest BCUT2D eigenvalue weighted by molar-refractivity contribution is 6.86. The van der Waals surface area contributed by atoms with Crippen LogP contribution >= 0.6 is 0 Å². The van der Waals surface area contributed by atoms with Crippen molar-refractivity contribution in [2.24, 2.45) is 0 Å². The largest absolute Gasteiger partial charge is 0.110 e. The molecule has 0 aliphatic heterocycles. The third kappa shape index (κ3) is 3.85. The van der Waals surface area contributed by atoms with Gasteiger partial charge < -0.3 is 0 Å². The van der Waals surface area contributed by atoms with E-state index in [0.29, 0.717) is 5.54 Å². The molecule has 0 aliphatic carbocycles. The Hall–Kier alpha value is -2.90. The van der Waals surface area contributed by atoms with Crippen molar-refractivity contribution in [1.29, 1.82) is 0 Å². The first kappa shape index (κ1) is 18.5. The van der Waals surface area contributed by atoms with E-state index in [9.17, 15) is 0 Å². The molecule has 138 valence electrons. The molecule has 0 aromatic heterocycles. The summed E-state index contributed by atoms with van der Waals surface area (Å²) in [4.78, 5) is 0. The molecule has 0 aliphatic rings. The highest BCUT2D eigenvalue weighted by Crippen LogP contribution is 2.27. The van der Waals surface area contributed by atoms with Gasteiger partial charge in [0.25, 0.3) is 0 Å². The SMILES string of the molecule is Cc1cc(-c2ccccc2)ccc1C(C)[SiH](c1ccccc1)c1ccccc1. The summed E-state index contributed by atoms with van der Waals surface area (Å²) in [6, 6.07) is 39.8. The molecule has 4 aromatic carbocycles. The molecule has 1 atom stereocenters. The van der Waals surface area contributed by atoms with Crippen molar-refractivity contribution in [2.45, 2.75) is 19.4 Å². The Morgan fingerprint density at radius 2 is 1.07 bits per heavy atom. The van der Waals surface area contributed by atoms with Gasteiger partial charge in [-0.3, -0.25) is 0 Å². The molecule has 0 amide bonds. The number of hydrogen-bond acceptors (Lipinski definition) is 0. The average molecular weight is 379 g/mol. The van der Waals surface area contributed by atoms with Gasteiger partial charge >= 0.3 is 0 Å². The molecule has 0 saturated heterocycles. The fourth-order valence-electron chi connectivity index (χ4n) is 4.27. The minimum atomic E-state index is -1.39. The monoisotopic (exact) mass is 378 g/mol. The molecule has 0 nitrogen and oxygen atoms in total. The molecule has 1 heteroatoms. The number of rotatable bonds is 5. The maximum absolute atomic E-state index is 2.42. The van der Waals surface area contributed by atoms with E-state index in [-0.39, 0.29) is 0 Å². The van der Waals surface area contributed by atoms with Crippen LogP contribution in [0.25, 0.3) is 11.1 Å². The average Bonchev–Trinajstić information content (AvgIpc) is 2.76. The van der Waals surface area contributed by atoms with E-state index in [1.54, 1.807) is 0 Å². The van der Waals surface area contributed by atoms with Gasteiger partial charge in [0, 0.05) is 0 Å². The third-order valence-corrected chi connectivity index (χ3v) is 9.25. The highest BCUT2D eigenvalue weighted by atomic mass is 28.3. The van der Waals surface area contributed by atoms with Crippen LogP contribution in [0.3, 0.4) is 0 Å². The summed E-state index contributed by atoms with van der Waals surface area (Å²) < 4.78 is 0. The molecular weight excluding hydrogens is 352 g/mol. The topological polar surface area (TPSA) is 0 Å². The van der Waals surface area contributed by atoms with Crippen molar-refractivity contribution < 1.29 is 0 Å². The molecule has 4 aromatic rings. The van der Waals surface area contributed by atoms with E-state index in [1.165, 1.54) is 32.6 Å². The van der Waals surface area contributed by atoms with Crippen LogP contribution < -0.4 is 10.4 Å². The molecule has 0 radical (unpaired) electrons. The summed E-state index contributed by atoms with van der Waals surface area (Å²) in [5.41, 5.74) is 5.97. The van der Waals surface area contributed by atoms with Crippen molar-refractivity contribution in [3.63, 3.8) is 0 Å². The molecule has 0 heterocycles. The first-order valence-corrected chi connectivity index (χ1v) is 11.8. The number of hydrogen-bond donors (Lipinski definition) is 0. The second kappa shape index (κ2) is 8.41. The van der Waals surface area contributed by atoms with Crippen molar-refractivity contribution in [2.75, 3.05) is 0 Å². The molecule has 0 spiro atoms. The maximum atomic E-state index is 2.42. The zero-order valence-corrected chi connectivity index (χ0v) is 17.7. The Labute approximate surface area is 170 Å². The van der Waals surface area contributed by atoms with Crippen LogP contribution in [0.2, 0.25) is 0 Å². The second-order valence-corrected chi connectivity index (χ2v) is 10.8. The minimum absolute atomic E-state index is 0.523. The van der Waals surface area contributed by atoms with E-state index >= 15 is 0 Å². The van der Waals surface area contributed by atoms with E-state index in [1.807, 2.05) is 0 Å². The number of benzene rings is 4. The van der Waals surface area contributed by atoms with Gasteiger partial charge in [0.1, 0.15) is 8.80 Å². The standard InChI is InChI=1S/C27H26Si/c1-21-20-24(23-12-6-3-7-13-23)18-19-27(21)22(2)28(25-14-8-4-9-15-25)26-16-10-5-11-17-26/h3-20,22,28H,1-2H3. The van der Waals surface area contributed by atoms with Gasteiger partial charge in [-0.05, 0) is 34.7 Å². The predicted octanol–water partition coefficient (Wildman–Crippen LogP) is 5.35. The fourth-order valence-corrected chi connectivity index (χ4v) is 7.81. The third-order valence-electron chi connectivity index (χ3n) is 5.68. The van der Waals surface area contributed by atoms with Crippen LogP contribution in [0.5, 0.6) is 0 Å². The lowest BCUT2D eigenvalue weighted by atomic mass is 9.98. The van der Waals surface area contributed by atoms with Crippen molar-refractivity contribution in [3.05, 3.63) is 120 Å². The van der Waals surface area contributed by atoms with E-state index in [4.69, 9.17) is 0 Å². The van der Waals surface area contributed by atoms with Gasteiger partial charge in [0.15, 0.2) is 0 Å². The Morgan fingerprint density at radius 1 is 0.571 bits per heavy atom. The molecule has 0 fully saturated rings. The molecule has 4 rings (SSSR count). The molecule has 28 heavy (non-hydrogen) atoms. The van der Waals surface area contributed by atoms with Gasteiger partial charge in [-0.2, -0.15) is 0 Å². The van der Waals surface area contributed by atoms with Crippen molar-refractivity contribution >= 4 is 19.2 Å². The fraction of sp³-hybridized carbons (Fsp3) is 0.111. The minimum Gasteiger partial charge on any atom is -0.0629 e. The van der Waals surface area contributed by atoms with Crippen molar-refractivity contribution in [1.82, 2.24) is 0 Å². The first-order valence-electron chi connectivity index (χ1n) is 10.00. The molecule has 0 bridgehead atoms. The van der Waals surface area contributed by atoms with Gasteiger partial charge in [-0.15, -0.1) is 0 Å². The summed E-state index contributed by atoms with van der Waals surface area (Å²) in [5.74, 6) is 0. The maximum Gasteiger partial charge on any atom is 0.110 e. The summed E-state index contributed by atoms with van der Waals surface area (Å²) in [5, 5.41) is 3.01. The normalized spacial score (nSPS) is 12.1. The Kier molecular flexibility index (Phi) is 5.54. The van der Waals surface area contributed by atoms with Crippen LogP contribution in [0.1, 0.15) is 23.6 Å². The molecular formula is C27H26Si. The summed E-state index contributed by atoms with van der Waals surface area (Å²) >= 11 is 0. The summed E-state index contributed by atoms with van der Waals surface area (Å²) in [6.07, 6.45) is 0. The zero-order valence-electron chi connectivity index (χ0n) is 16.5. The van der Waals surface area contributed by atoms with E-state index in [2.05, 4.69) is 123 Å². The quantitative estimate of drug-likeness (QED) is 0.411. The Balaban J connectivity index is 1.74. The van der Waals surface area contributed by atoms with E-state index < -0.39 is 8.80 Å². The van der Waals surface area contributed by atoms with Crippen LogP contribution in [0, 0.1) is 6.92 Å². The highest BCUT2D eigenvalue weighted by Gasteiger charge is 2.25. The Bertz CT molecular complexity index is 984. The van der Waals surface area contributed by atoms with Crippen LogP contribution in [0.4, 0.5) is 0 Å². The lowest BCUT2D eigenvalue weighted by molar-refractivity contribution is 1.04. The summed E-state index contributed by atoms with van der Waals surface area (Å²) in [6.45, 7) is 4.68. The molecule has 0 saturated carbocycles. The second-order valence-electron chi connectivity index (χ2n) is 7.53. The van der Waals surface area contributed by atoms with Crippen LogP contribution in [0.15, 0.2) is 109 Å². The lowest BCUT2D eigenvalue weighted by Crippen LogP contribution is -2.46.